The minimum atomic E-state index is -3.56. The number of hydroxylamine groups is 1. The Balaban J connectivity index is 1.51. The van der Waals surface area contributed by atoms with E-state index < -0.39 is 28.9 Å². The van der Waals surface area contributed by atoms with E-state index in [1.807, 2.05) is 13.0 Å². The average molecular weight is 536 g/mol. The SMILES string of the molecule is CNS(=O)(=O)c1ccc(/C=C2\C(C)=C(CC(=O)NOCc3ccc(B(O)O)cc3)c3cc(F)ccc32)cc1. The molecule has 1 aliphatic carbocycles. The highest BCUT2D eigenvalue weighted by atomic mass is 32.2. The molecule has 38 heavy (non-hydrogen) atoms. The second-order valence-electron chi connectivity index (χ2n) is 8.73. The van der Waals surface area contributed by atoms with Crippen LogP contribution in [-0.4, -0.2) is 38.5 Å². The number of carbonyl (C=O) groups excluding carboxylic acids is 1. The third kappa shape index (κ3) is 6.09. The zero-order valence-electron chi connectivity index (χ0n) is 20.7. The van der Waals surface area contributed by atoms with E-state index in [4.69, 9.17) is 14.9 Å². The Labute approximate surface area is 220 Å². The summed E-state index contributed by atoms with van der Waals surface area (Å²) in [6, 6.07) is 17.2. The topological polar surface area (TPSA) is 125 Å². The van der Waals surface area contributed by atoms with Crippen LogP contribution in [-0.2, 0) is 26.3 Å². The molecule has 196 valence electrons. The average Bonchev–Trinajstić information content (AvgIpc) is 3.14. The number of carbonyl (C=O) groups is 1. The maximum absolute atomic E-state index is 14.2. The van der Waals surface area contributed by atoms with Crippen LogP contribution in [0.25, 0.3) is 17.2 Å². The summed E-state index contributed by atoms with van der Waals surface area (Å²) in [6.45, 7) is 1.92. The number of hydrogen-bond donors (Lipinski definition) is 4. The van der Waals surface area contributed by atoms with Crippen LogP contribution in [0.4, 0.5) is 4.39 Å². The van der Waals surface area contributed by atoms with E-state index in [1.165, 1.54) is 31.3 Å². The quantitative estimate of drug-likeness (QED) is 0.246. The van der Waals surface area contributed by atoms with Gasteiger partial charge in [0.25, 0.3) is 0 Å². The molecule has 1 aliphatic rings. The summed E-state index contributed by atoms with van der Waals surface area (Å²) in [5.41, 5.74) is 7.85. The highest BCUT2D eigenvalue weighted by Gasteiger charge is 2.26. The largest absolute Gasteiger partial charge is 0.488 e. The van der Waals surface area contributed by atoms with Gasteiger partial charge in [-0.15, -0.1) is 0 Å². The molecule has 11 heteroatoms. The molecule has 8 nitrogen and oxygen atoms in total. The first kappa shape index (κ1) is 27.4. The van der Waals surface area contributed by atoms with Crippen LogP contribution in [0.5, 0.6) is 0 Å². The van der Waals surface area contributed by atoms with Crippen LogP contribution in [0.15, 0.2) is 77.2 Å². The summed E-state index contributed by atoms with van der Waals surface area (Å²) in [5, 5.41) is 18.3. The molecule has 0 saturated heterocycles. The molecule has 0 fully saturated rings. The minimum Gasteiger partial charge on any atom is -0.423 e. The second kappa shape index (κ2) is 11.4. The monoisotopic (exact) mass is 536 g/mol. The van der Waals surface area contributed by atoms with E-state index in [9.17, 15) is 17.6 Å². The van der Waals surface area contributed by atoms with Gasteiger partial charge in [0.2, 0.25) is 15.9 Å². The first-order chi connectivity index (χ1) is 18.1. The van der Waals surface area contributed by atoms with Crippen LogP contribution < -0.4 is 15.7 Å². The molecule has 3 aromatic carbocycles. The third-order valence-corrected chi connectivity index (χ3v) is 7.69. The first-order valence-electron chi connectivity index (χ1n) is 11.7. The van der Waals surface area contributed by atoms with Gasteiger partial charge in [-0.05, 0) is 88.7 Å². The van der Waals surface area contributed by atoms with E-state index in [-0.39, 0.29) is 17.9 Å². The molecular formula is C27H26BFN2O6S. The molecule has 0 atom stereocenters. The molecule has 0 saturated carbocycles. The number of fused-ring (bicyclic) bond motifs is 1. The lowest BCUT2D eigenvalue weighted by Crippen LogP contribution is -2.29. The highest BCUT2D eigenvalue weighted by Crippen LogP contribution is 2.43. The van der Waals surface area contributed by atoms with Gasteiger partial charge in [0.15, 0.2) is 0 Å². The molecular weight excluding hydrogens is 510 g/mol. The van der Waals surface area contributed by atoms with E-state index in [1.54, 1.807) is 42.5 Å². The van der Waals surface area contributed by atoms with Crippen LogP contribution in [0, 0.1) is 5.82 Å². The van der Waals surface area contributed by atoms with Crippen molar-refractivity contribution >= 4 is 45.7 Å². The molecule has 4 N–H and O–H groups in total. The summed E-state index contributed by atoms with van der Waals surface area (Å²) in [5.74, 6) is -0.843. The summed E-state index contributed by atoms with van der Waals surface area (Å²) < 4.78 is 40.4. The van der Waals surface area contributed by atoms with Crippen LogP contribution >= 0.6 is 0 Å². The van der Waals surface area contributed by atoms with E-state index in [0.717, 1.165) is 27.8 Å². The molecule has 1 amide bonds. The Morgan fingerprint density at radius 3 is 2.34 bits per heavy atom. The number of hydrogen-bond acceptors (Lipinski definition) is 6. The smallest absolute Gasteiger partial charge is 0.423 e. The van der Waals surface area contributed by atoms with Crippen molar-refractivity contribution in [1.29, 1.82) is 0 Å². The van der Waals surface area contributed by atoms with Gasteiger partial charge in [-0.25, -0.2) is 23.0 Å². The first-order valence-corrected chi connectivity index (χ1v) is 13.2. The number of rotatable bonds is 9. The standard InChI is InChI=1S/C27H26BFN2O6S/c1-17-24(13-18-5-10-22(11-6-18)38(35,36)30-2)23-12-9-21(29)14-26(23)25(17)15-27(32)31-37-16-19-3-7-20(8-4-19)28(33)34/h3-14,30,33-34H,15-16H2,1-2H3,(H,31,32)/b24-13+. The van der Waals surface area contributed by atoms with E-state index >= 15 is 0 Å². The van der Waals surface area contributed by atoms with Gasteiger partial charge in [0.05, 0.1) is 17.9 Å². The lowest BCUT2D eigenvalue weighted by Gasteiger charge is -2.09. The number of amides is 1. The lowest BCUT2D eigenvalue weighted by atomic mass is 9.80. The van der Waals surface area contributed by atoms with Gasteiger partial charge >= 0.3 is 7.12 Å². The maximum atomic E-state index is 14.2. The van der Waals surface area contributed by atoms with Crippen molar-refractivity contribution in [3.63, 3.8) is 0 Å². The maximum Gasteiger partial charge on any atom is 0.488 e. The molecule has 0 bridgehead atoms. The van der Waals surface area contributed by atoms with Gasteiger partial charge in [0.1, 0.15) is 5.82 Å². The predicted octanol–water partition coefficient (Wildman–Crippen LogP) is 2.38. The van der Waals surface area contributed by atoms with Crippen molar-refractivity contribution in [1.82, 2.24) is 10.2 Å². The van der Waals surface area contributed by atoms with Crippen molar-refractivity contribution < 1.29 is 32.5 Å². The van der Waals surface area contributed by atoms with Gasteiger partial charge in [-0.2, -0.15) is 0 Å². The number of benzene rings is 3. The Hall–Kier alpha value is -3.61. The minimum absolute atomic E-state index is 0.0470. The number of sulfonamides is 1. The van der Waals surface area contributed by atoms with Crippen molar-refractivity contribution in [3.05, 3.63) is 100 Å². The Morgan fingerprint density at radius 2 is 1.71 bits per heavy atom. The Bertz CT molecular complexity index is 1520. The molecule has 0 radical (unpaired) electrons. The number of nitrogens with one attached hydrogen (secondary N) is 2. The predicted molar refractivity (Wildman–Crippen MR) is 143 cm³/mol. The highest BCUT2D eigenvalue weighted by molar-refractivity contribution is 7.89. The molecule has 0 spiro atoms. The van der Waals surface area contributed by atoms with Gasteiger partial charge in [0, 0.05) is 0 Å². The van der Waals surface area contributed by atoms with Crippen molar-refractivity contribution in [2.45, 2.75) is 24.8 Å². The lowest BCUT2D eigenvalue weighted by molar-refractivity contribution is -0.133. The fourth-order valence-corrected chi connectivity index (χ4v) is 4.92. The molecule has 0 heterocycles. The van der Waals surface area contributed by atoms with Crippen molar-refractivity contribution in [2.75, 3.05) is 7.05 Å². The zero-order valence-corrected chi connectivity index (χ0v) is 21.5. The molecule has 0 unspecified atom stereocenters. The third-order valence-electron chi connectivity index (χ3n) is 6.26. The summed E-state index contributed by atoms with van der Waals surface area (Å²) in [4.78, 5) is 18.1. The van der Waals surface area contributed by atoms with Crippen LogP contribution in [0.1, 0.15) is 35.6 Å². The van der Waals surface area contributed by atoms with E-state index in [0.29, 0.717) is 16.6 Å². The normalized spacial score (nSPS) is 14.1. The number of allylic oxidation sites excluding steroid dienone is 2. The number of halogens is 1. The molecule has 0 aliphatic heterocycles. The molecule has 4 rings (SSSR count). The second-order valence-corrected chi connectivity index (χ2v) is 10.6. The summed E-state index contributed by atoms with van der Waals surface area (Å²) in [6.07, 6.45) is 1.82. The van der Waals surface area contributed by atoms with Crippen molar-refractivity contribution in [2.24, 2.45) is 0 Å². The fourth-order valence-electron chi connectivity index (χ4n) is 4.19. The van der Waals surface area contributed by atoms with Crippen LogP contribution in [0.2, 0.25) is 0 Å². The summed E-state index contributed by atoms with van der Waals surface area (Å²) in [7, 11) is -3.77. The summed E-state index contributed by atoms with van der Waals surface area (Å²) >= 11 is 0. The van der Waals surface area contributed by atoms with Crippen LogP contribution in [0.3, 0.4) is 0 Å². The van der Waals surface area contributed by atoms with Gasteiger partial charge in [-0.1, -0.05) is 42.5 Å². The van der Waals surface area contributed by atoms with E-state index in [2.05, 4.69) is 10.2 Å². The zero-order chi connectivity index (χ0) is 27.4. The van der Waals surface area contributed by atoms with Crippen molar-refractivity contribution in [3.8, 4) is 0 Å². The Kier molecular flexibility index (Phi) is 8.24. The Morgan fingerprint density at radius 1 is 1.03 bits per heavy atom. The fraction of sp³-hybridized carbons (Fsp3) is 0.148. The molecule has 0 aromatic heterocycles. The molecule has 3 aromatic rings. The van der Waals surface area contributed by atoms with Gasteiger partial charge in [-0.3, -0.25) is 9.63 Å². The van der Waals surface area contributed by atoms with Gasteiger partial charge < -0.3 is 10.0 Å².